The second-order valence-electron chi connectivity index (χ2n) is 6.55. The van der Waals surface area contributed by atoms with E-state index in [0.717, 1.165) is 37.2 Å². The van der Waals surface area contributed by atoms with Gasteiger partial charge in [0.25, 0.3) is 0 Å². The van der Waals surface area contributed by atoms with E-state index in [-0.39, 0.29) is 5.91 Å². The summed E-state index contributed by atoms with van der Waals surface area (Å²) in [5.41, 5.74) is 5.93. The Morgan fingerprint density at radius 2 is 1.88 bits per heavy atom. The van der Waals surface area contributed by atoms with Crippen molar-refractivity contribution in [2.24, 2.45) is 0 Å². The van der Waals surface area contributed by atoms with Crippen molar-refractivity contribution in [3.63, 3.8) is 0 Å². The van der Waals surface area contributed by atoms with Crippen LogP contribution in [0.3, 0.4) is 0 Å². The van der Waals surface area contributed by atoms with Crippen molar-refractivity contribution >= 4 is 11.6 Å². The number of methoxy groups -OCH3 is 1. The third-order valence-electron chi connectivity index (χ3n) is 4.83. The van der Waals surface area contributed by atoms with Gasteiger partial charge in [-0.25, -0.2) is 0 Å². The molecule has 0 radical (unpaired) electrons. The summed E-state index contributed by atoms with van der Waals surface area (Å²) < 4.78 is 5.53. The van der Waals surface area contributed by atoms with Crippen LogP contribution >= 0.6 is 0 Å². The zero-order chi connectivity index (χ0) is 17.1. The molecule has 0 unspecified atom stereocenters. The SMILES string of the molecule is COc1ccc(C)c2c1N(C(=O)CCc1ccc(C)cc1)CCC2. The number of nitrogens with zero attached hydrogens (tertiary/aromatic N) is 1. The van der Waals surface area contributed by atoms with Crippen LogP contribution in [-0.2, 0) is 17.6 Å². The van der Waals surface area contributed by atoms with Crippen LogP contribution in [0.2, 0.25) is 0 Å². The molecule has 0 bridgehead atoms. The van der Waals surface area contributed by atoms with Crippen LogP contribution in [0.5, 0.6) is 5.75 Å². The van der Waals surface area contributed by atoms with Crippen LogP contribution < -0.4 is 9.64 Å². The Morgan fingerprint density at radius 1 is 1.12 bits per heavy atom. The number of hydrogen-bond acceptors (Lipinski definition) is 2. The van der Waals surface area contributed by atoms with Gasteiger partial charge in [-0.05, 0) is 55.9 Å². The molecule has 1 aliphatic heterocycles. The number of amides is 1. The van der Waals surface area contributed by atoms with Crippen molar-refractivity contribution in [3.8, 4) is 5.75 Å². The summed E-state index contributed by atoms with van der Waals surface area (Å²) in [5.74, 6) is 0.986. The van der Waals surface area contributed by atoms with Crippen molar-refractivity contribution in [3.05, 3.63) is 58.7 Å². The van der Waals surface area contributed by atoms with Gasteiger partial charge in [0.2, 0.25) is 5.91 Å². The standard InChI is InChI=1S/C21H25NO2/c1-15-6-9-17(10-7-15)11-13-20(23)22-14-4-5-18-16(2)8-12-19(24-3)21(18)22/h6-10,12H,4-5,11,13-14H2,1-3H3. The van der Waals surface area contributed by atoms with Crippen molar-refractivity contribution in [1.29, 1.82) is 0 Å². The van der Waals surface area contributed by atoms with Gasteiger partial charge in [0.05, 0.1) is 12.8 Å². The third-order valence-corrected chi connectivity index (χ3v) is 4.83. The average Bonchev–Trinajstić information content (AvgIpc) is 2.61. The van der Waals surface area contributed by atoms with Gasteiger partial charge in [-0.2, -0.15) is 0 Å². The molecule has 3 heteroatoms. The predicted molar refractivity (Wildman–Crippen MR) is 97.9 cm³/mol. The van der Waals surface area contributed by atoms with Gasteiger partial charge in [-0.15, -0.1) is 0 Å². The molecule has 0 spiro atoms. The van der Waals surface area contributed by atoms with Crippen molar-refractivity contribution in [2.75, 3.05) is 18.6 Å². The number of fused-ring (bicyclic) bond motifs is 1. The molecule has 0 fully saturated rings. The highest BCUT2D eigenvalue weighted by Crippen LogP contribution is 2.38. The van der Waals surface area contributed by atoms with Crippen LogP contribution in [0.25, 0.3) is 0 Å². The van der Waals surface area contributed by atoms with E-state index >= 15 is 0 Å². The number of carbonyl (C=O) groups is 1. The number of hydrogen-bond donors (Lipinski definition) is 0. The Kier molecular flexibility index (Phi) is 4.89. The Hall–Kier alpha value is -2.29. The van der Waals surface area contributed by atoms with Gasteiger partial charge < -0.3 is 9.64 Å². The molecule has 3 rings (SSSR count). The molecule has 0 saturated carbocycles. The van der Waals surface area contributed by atoms with E-state index in [2.05, 4.69) is 44.2 Å². The second-order valence-corrected chi connectivity index (χ2v) is 6.55. The monoisotopic (exact) mass is 323 g/mol. The summed E-state index contributed by atoms with van der Waals surface area (Å²) in [7, 11) is 1.68. The first kappa shape index (κ1) is 16.6. The molecule has 3 nitrogen and oxygen atoms in total. The van der Waals surface area contributed by atoms with Gasteiger partial charge in [0.15, 0.2) is 0 Å². The normalized spacial score (nSPS) is 13.5. The Morgan fingerprint density at radius 3 is 2.58 bits per heavy atom. The van der Waals surface area contributed by atoms with Crippen LogP contribution in [0.15, 0.2) is 36.4 Å². The lowest BCUT2D eigenvalue weighted by molar-refractivity contribution is -0.118. The molecular formula is C21H25NO2. The van der Waals surface area contributed by atoms with Gasteiger partial charge in [0, 0.05) is 13.0 Å². The van der Waals surface area contributed by atoms with E-state index in [4.69, 9.17) is 4.74 Å². The molecule has 1 amide bonds. The summed E-state index contributed by atoms with van der Waals surface area (Å²) in [4.78, 5) is 14.8. The quantitative estimate of drug-likeness (QED) is 0.843. The summed E-state index contributed by atoms with van der Waals surface area (Å²) in [6.45, 7) is 4.96. The Balaban J connectivity index is 1.79. The van der Waals surface area contributed by atoms with Crippen LogP contribution in [0, 0.1) is 13.8 Å². The van der Waals surface area contributed by atoms with Crippen molar-refractivity contribution in [2.45, 2.75) is 39.5 Å². The first-order valence-electron chi connectivity index (χ1n) is 8.62. The molecule has 2 aromatic rings. The first-order chi connectivity index (χ1) is 11.6. The van der Waals surface area contributed by atoms with Crippen LogP contribution in [0.4, 0.5) is 5.69 Å². The molecule has 1 heterocycles. The second kappa shape index (κ2) is 7.08. The number of anilines is 1. The topological polar surface area (TPSA) is 29.5 Å². The fourth-order valence-corrected chi connectivity index (χ4v) is 3.41. The maximum Gasteiger partial charge on any atom is 0.227 e. The first-order valence-corrected chi connectivity index (χ1v) is 8.62. The largest absolute Gasteiger partial charge is 0.495 e. The smallest absolute Gasteiger partial charge is 0.227 e. The average molecular weight is 323 g/mol. The molecule has 0 aromatic heterocycles. The fraction of sp³-hybridized carbons (Fsp3) is 0.381. The molecule has 24 heavy (non-hydrogen) atoms. The van der Waals surface area contributed by atoms with Gasteiger partial charge in [-0.1, -0.05) is 35.9 Å². The minimum atomic E-state index is 0.181. The molecule has 1 aliphatic rings. The molecule has 0 aliphatic carbocycles. The minimum absolute atomic E-state index is 0.181. The lowest BCUT2D eigenvalue weighted by atomic mass is 9.95. The maximum absolute atomic E-state index is 12.9. The number of carbonyl (C=O) groups excluding carboxylic acids is 1. The summed E-state index contributed by atoms with van der Waals surface area (Å²) in [5, 5.41) is 0. The van der Waals surface area contributed by atoms with E-state index in [1.807, 2.05) is 11.0 Å². The van der Waals surface area contributed by atoms with Crippen LogP contribution in [-0.4, -0.2) is 19.6 Å². The van der Waals surface area contributed by atoms with Crippen molar-refractivity contribution < 1.29 is 9.53 Å². The third kappa shape index (κ3) is 3.30. The number of benzene rings is 2. The van der Waals surface area contributed by atoms with Gasteiger partial charge in [-0.3, -0.25) is 4.79 Å². The lowest BCUT2D eigenvalue weighted by Gasteiger charge is -2.32. The van der Waals surface area contributed by atoms with Crippen LogP contribution in [0.1, 0.15) is 35.1 Å². The number of rotatable bonds is 4. The summed E-state index contributed by atoms with van der Waals surface area (Å²) in [6.07, 6.45) is 3.33. The van der Waals surface area contributed by atoms with E-state index in [1.54, 1.807) is 7.11 Å². The lowest BCUT2D eigenvalue weighted by Crippen LogP contribution is -2.36. The zero-order valence-electron chi connectivity index (χ0n) is 14.8. The number of aryl methyl sites for hydroxylation is 3. The fourth-order valence-electron chi connectivity index (χ4n) is 3.41. The van der Waals surface area contributed by atoms with Crippen molar-refractivity contribution in [1.82, 2.24) is 0 Å². The van der Waals surface area contributed by atoms with E-state index in [9.17, 15) is 4.79 Å². The molecule has 126 valence electrons. The molecule has 0 saturated heterocycles. The summed E-state index contributed by atoms with van der Waals surface area (Å²) >= 11 is 0. The van der Waals surface area contributed by atoms with E-state index in [1.165, 1.54) is 22.3 Å². The highest BCUT2D eigenvalue weighted by atomic mass is 16.5. The highest BCUT2D eigenvalue weighted by Gasteiger charge is 2.26. The molecule has 2 aromatic carbocycles. The van der Waals surface area contributed by atoms with E-state index in [0.29, 0.717) is 6.42 Å². The Labute approximate surface area is 144 Å². The maximum atomic E-state index is 12.9. The van der Waals surface area contributed by atoms with E-state index < -0.39 is 0 Å². The molecule has 0 N–H and O–H groups in total. The highest BCUT2D eigenvalue weighted by molar-refractivity contribution is 5.96. The summed E-state index contributed by atoms with van der Waals surface area (Å²) in [6, 6.07) is 12.5. The van der Waals surface area contributed by atoms with Gasteiger partial charge in [0.1, 0.15) is 5.75 Å². The van der Waals surface area contributed by atoms with Gasteiger partial charge >= 0.3 is 0 Å². The predicted octanol–water partition coefficient (Wildman–Crippen LogP) is 4.22. The minimum Gasteiger partial charge on any atom is -0.495 e. The number of ether oxygens (including phenoxy) is 1. The molecular weight excluding hydrogens is 298 g/mol. The zero-order valence-corrected chi connectivity index (χ0v) is 14.8. The molecule has 0 atom stereocenters. The Bertz CT molecular complexity index is 734.